The number of ether oxygens (including phenoxy) is 6. The Balaban J connectivity index is 1.76. The predicted octanol–water partition coefficient (Wildman–Crippen LogP) is 35.1. The first-order chi connectivity index (χ1) is 56.6. The quantitative estimate of drug-likeness (QED) is 0.0404. The van der Waals surface area contributed by atoms with E-state index in [1.165, 1.54) is 391 Å². The highest BCUT2D eigenvalue weighted by Crippen LogP contribution is 2.46. The lowest BCUT2D eigenvalue weighted by molar-refractivity contribution is 0.234. The molecule has 1 heterocycles. The van der Waals surface area contributed by atoms with Crippen LogP contribution in [-0.2, 0) is 6.54 Å². The van der Waals surface area contributed by atoms with Crippen molar-refractivity contribution >= 4 is 0 Å². The first-order valence-corrected chi connectivity index (χ1v) is 50.7. The fourth-order valence-electron chi connectivity index (χ4n) is 16.5. The Bertz CT molecular complexity index is 2430. The third-order valence-corrected chi connectivity index (χ3v) is 24.0. The standard InChI is InChI=1S/C105H185N3O6/c1-7-13-19-25-31-37-43-49-55-61-67-76-84-109-98-90-96(91-99(110-85-77-68-62-56-50-44-38-32-26-20-14-8-2)102(98)113-88-80-71-65-59-53-47-41-35-29-23-17-11-5)104-106-107-105(108(104)94-95-82-74-73-75-83-95)97-92-100(111-86-78-69-63-57-51-45-39-33-27-21-15-9-3)103(114-89-81-72-66-60-54-48-42-36-30-24-18-12-6)101(93-97)112-87-79-70-64-58-52-46-40-34-28-22-16-10-4/h73-75,82-83,90-93H,7-72,76-81,84-89,94H2,1-6H3. The van der Waals surface area contributed by atoms with Crippen molar-refractivity contribution in [2.24, 2.45) is 0 Å². The van der Waals surface area contributed by atoms with Crippen LogP contribution in [0.4, 0.5) is 0 Å². The van der Waals surface area contributed by atoms with E-state index in [1.807, 2.05) is 0 Å². The van der Waals surface area contributed by atoms with Gasteiger partial charge >= 0.3 is 0 Å². The zero-order valence-corrected chi connectivity index (χ0v) is 76.3. The average molecular weight is 1590 g/mol. The van der Waals surface area contributed by atoms with Gasteiger partial charge in [0.1, 0.15) is 0 Å². The fraction of sp³-hybridized carbons (Fsp3) is 0.810. The van der Waals surface area contributed by atoms with Gasteiger partial charge in [-0.3, -0.25) is 0 Å². The Kier molecular flexibility index (Phi) is 69.1. The van der Waals surface area contributed by atoms with Crippen molar-refractivity contribution in [1.82, 2.24) is 14.8 Å². The van der Waals surface area contributed by atoms with Crippen LogP contribution in [0.5, 0.6) is 34.5 Å². The SMILES string of the molecule is CCCCCCCCCCCCCCOc1cc(-c2nnc(-c3cc(OCCCCCCCCCCCCCC)c(OCCCCCCCCCCCCCC)c(OCCCCCCCCCCCCCC)c3)n2Cc2ccccc2)cc(OCCCCCCCCCCCCCC)c1OCCCCCCCCCCCCCC. The van der Waals surface area contributed by atoms with Crippen molar-refractivity contribution in [2.45, 2.75) is 510 Å². The number of aromatic nitrogens is 3. The number of benzene rings is 3. The molecule has 0 spiro atoms. The van der Waals surface area contributed by atoms with E-state index in [1.54, 1.807) is 0 Å². The summed E-state index contributed by atoms with van der Waals surface area (Å²) in [6.45, 7) is 18.2. The minimum absolute atomic E-state index is 0.557. The van der Waals surface area contributed by atoms with Crippen molar-refractivity contribution in [3.63, 3.8) is 0 Å². The Morgan fingerprint density at radius 3 is 0.553 bits per heavy atom. The van der Waals surface area contributed by atoms with Gasteiger partial charge in [-0.25, -0.2) is 0 Å². The van der Waals surface area contributed by atoms with Gasteiger partial charge in [0.25, 0.3) is 0 Å². The highest BCUT2D eigenvalue weighted by atomic mass is 16.5. The summed E-state index contributed by atoms with van der Waals surface area (Å²) in [5.74, 6) is 5.96. The van der Waals surface area contributed by atoms with Crippen LogP contribution >= 0.6 is 0 Å². The van der Waals surface area contributed by atoms with E-state index < -0.39 is 0 Å². The van der Waals surface area contributed by atoms with Gasteiger partial charge < -0.3 is 33.0 Å². The highest BCUT2D eigenvalue weighted by molar-refractivity contribution is 5.72. The van der Waals surface area contributed by atoms with Crippen LogP contribution in [0, 0.1) is 0 Å². The molecule has 0 atom stereocenters. The lowest BCUT2D eigenvalue weighted by Gasteiger charge is -2.20. The summed E-state index contributed by atoms with van der Waals surface area (Å²) >= 11 is 0. The Morgan fingerprint density at radius 2 is 0.368 bits per heavy atom. The molecule has 0 unspecified atom stereocenters. The highest BCUT2D eigenvalue weighted by Gasteiger charge is 2.25. The van der Waals surface area contributed by atoms with Gasteiger partial charge in [-0.05, 0) is 68.4 Å². The Hall–Kier alpha value is -4.40. The molecule has 0 amide bonds. The lowest BCUT2D eigenvalue weighted by Crippen LogP contribution is -2.09. The van der Waals surface area contributed by atoms with Crippen LogP contribution in [0.15, 0.2) is 54.6 Å². The fourth-order valence-corrected chi connectivity index (χ4v) is 16.5. The molecule has 0 aliphatic carbocycles. The Labute approximate surface area is 706 Å². The summed E-state index contributed by atoms with van der Waals surface area (Å²) in [6.07, 6.45) is 93.8. The van der Waals surface area contributed by atoms with Crippen LogP contribution in [0.2, 0.25) is 0 Å². The van der Waals surface area contributed by atoms with Gasteiger partial charge in [0.05, 0.1) is 46.2 Å². The minimum Gasteiger partial charge on any atom is -0.490 e. The second-order valence-corrected chi connectivity index (χ2v) is 34.9. The van der Waals surface area contributed by atoms with Crippen LogP contribution in [-0.4, -0.2) is 54.4 Å². The van der Waals surface area contributed by atoms with Crippen molar-refractivity contribution in [3.05, 3.63) is 60.2 Å². The Morgan fingerprint density at radius 1 is 0.202 bits per heavy atom. The number of hydrogen-bond acceptors (Lipinski definition) is 8. The van der Waals surface area contributed by atoms with Gasteiger partial charge in [-0.1, -0.05) is 496 Å². The van der Waals surface area contributed by atoms with Gasteiger partial charge in [0, 0.05) is 11.1 Å². The van der Waals surface area contributed by atoms with E-state index in [9.17, 15) is 0 Å². The van der Waals surface area contributed by atoms with Crippen molar-refractivity contribution in [1.29, 1.82) is 0 Å². The first kappa shape index (κ1) is 102. The van der Waals surface area contributed by atoms with E-state index in [0.717, 1.165) is 134 Å². The largest absolute Gasteiger partial charge is 0.490 e. The van der Waals surface area contributed by atoms with Crippen molar-refractivity contribution in [3.8, 4) is 57.3 Å². The van der Waals surface area contributed by atoms with E-state index >= 15 is 0 Å². The summed E-state index contributed by atoms with van der Waals surface area (Å²) in [6, 6.07) is 19.7. The van der Waals surface area contributed by atoms with Crippen LogP contribution in [0.1, 0.15) is 509 Å². The predicted molar refractivity (Wildman–Crippen MR) is 496 cm³/mol. The molecule has 9 nitrogen and oxygen atoms in total. The lowest BCUT2D eigenvalue weighted by atomic mass is 10.1. The topological polar surface area (TPSA) is 86.1 Å². The molecule has 3 aromatic carbocycles. The molecule has 4 rings (SSSR count). The molecule has 656 valence electrons. The molecule has 0 radical (unpaired) electrons. The molecule has 0 saturated carbocycles. The molecule has 0 fully saturated rings. The molecule has 0 aliphatic heterocycles. The summed E-state index contributed by atoms with van der Waals surface area (Å²) < 4.78 is 44.7. The van der Waals surface area contributed by atoms with Crippen LogP contribution in [0.3, 0.4) is 0 Å². The molecule has 1 aromatic heterocycles. The molecule has 9 heteroatoms. The summed E-state index contributed by atoms with van der Waals surface area (Å²) in [7, 11) is 0. The smallest absolute Gasteiger partial charge is 0.203 e. The molecule has 0 aliphatic rings. The number of rotatable bonds is 88. The number of unbranched alkanes of at least 4 members (excludes halogenated alkanes) is 66. The number of nitrogens with zero attached hydrogens (tertiary/aromatic N) is 3. The molecule has 0 saturated heterocycles. The molecule has 0 N–H and O–H groups in total. The van der Waals surface area contributed by atoms with Gasteiger partial charge in [-0.2, -0.15) is 0 Å². The van der Waals surface area contributed by atoms with Gasteiger partial charge in [0.15, 0.2) is 34.6 Å². The summed E-state index contributed by atoms with van der Waals surface area (Å²) in [4.78, 5) is 0. The van der Waals surface area contributed by atoms with E-state index in [0.29, 0.717) is 46.2 Å². The normalized spacial score (nSPS) is 11.6. The molecule has 4 aromatic rings. The van der Waals surface area contributed by atoms with Gasteiger partial charge in [-0.15, -0.1) is 10.2 Å². The number of hydrogen-bond donors (Lipinski definition) is 0. The third kappa shape index (κ3) is 53.9. The molecule has 114 heavy (non-hydrogen) atoms. The monoisotopic (exact) mass is 1580 g/mol. The average Bonchev–Trinajstić information content (AvgIpc) is 1.59. The van der Waals surface area contributed by atoms with Crippen LogP contribution in [0.25, 0.3) is 22.8 Å². The zero-order chi connectivity index (χ0) is 80.8. The summed E-state index contributed by atoms with van der Waals surface area (Å²) in [5.41, 5.74) is 2.99. The van der Waals surface area contributed by atoms with Crippen molar-refractivity contribution in [2.75, 3.05) is 39.6 Å². The zero-order valence-electron chi connectivity index (χ0n) is 76.3. The summed E-state index contributed by atoms with van der Waals surface area (Å²) in [5, 5.41) is 10.5. The minimum atomic E-state index is 0.557. The van der Waals surface area contributed by atoms with Crippen LogP contribution < -0.4 is 28.4 Å². The van der Waals surface area contributed by atoms with E-state index in [2.05, 4.69) is 101 Å². The second kappa shape index (κ2) is 77.2. The van der Waals surface area contributed by atoms with E-state index in [4.69, 9.17) is 38.6 Å². The van der Waals surface area contributed by atoms with Crippen molar-refractivity contribution < 1.29 is 28.4 Å². The molecule has 0 bridgehead atoms. The maximum absolute atomic E-state index is 7.08. The first-order valence-electron chi connectivity index (χ1n) is 50.7. The maximum Gasteiger partial charge on any atom is 0.203 e. The molecular weight excluding hydrogens is 1400 g/mol. The maximum atomic E-state index is 7.08. The molecular formula is C105H185N3O6. The third-order valence-electron chi connectivity index (χ3n) is 24.0. The second-order valence-electron chi connectivity index (χ2n) is 34.9. The van der Waals surface area contributed by atoms with Gasteiger partial charge in [0.2, 0.25) is 11.5 Å². The van der Waals surface area contributed by atoms with E-state index in [-0.39, 0.29) is 0 Å².